The predicted octanol–water partition coefficient (Wildman–Crippen LogP) is -0.253. The summed E-state index contributed by atoms with van der Waals surface area (Å²) in [6.45, 7) is 1.99. The first-order valence-corrected chi connectivity index (χ1v) is 3.39. The summed E-state index contributed by atoms with van der Waals surface area (Å²) < 4.78 is 0. The third-order valence-corrected chi connectivity index (χ3v) is 1.20. The van der Waals surface area contributed by atoms with Crippen molar-refractivity contribution >= 4 is 0 Å². The molecule has 3 heteroatoms. The molecule has 0 aliphatic carbocycles. The Kier molecular flexibility index (Phi) is 4.67. The van der Waals surface area contributed by atoms with E-state index in [-0.39, 0.29) is 12.2 Å². The maximum absolute atomic E-state index is 5.50. The molecule has 0 aromatic carbocycles. The van der Waals surface area contributed by atoms with Crippen molar-refractivity contribution in [3.05, 3.63) is 0 Å². The van der Waals surface area contributed by atoms with E-state index in [2.05, 4.69) is 0 Å². The summed E-state index contributed by atoms with van der Waals surface area (Å²) in [5.41, 5.74) is 16.1. The Morgan fingerprint density at radius 3 is 2.00 bits per heavy atom. The third kappa shape index (κ3) is 7.88. The van der Waals surface area contributed by atoms with Gasteiger partial charge >= 0.3 is 0 Å². The summed E-state index contributed by atoms with van der Waals surface area (Å²) in [7, 11) is 0. The minimum atomic E-state index is -0.163. The lowest BCUT2D eigenvalue weighted by Crippen LogP contribution is -2.30. The molecule has 0 saturated carbocycles. The van der Waals surface area contributed by atoms with Gasteiger partial charge in [0.1, 0.15) is 0 Å². The van der Waals surface area contributed by atoms with Gasteiger partial charge in [-0.1, -0.05) is 0 Å². The molecule has 0 aliphatic rings. The number of nitrogens with two attached hydrogens (primary N) is 3. The molecule has 0 aliphatic heterocycles. The van der Waals surface area contributed by atoms with E-state index in [0.29, 0.717) is 0 Å². The molecular weight excluding hydrogens is 114 g/mol. The molecule has 0 heterocycles. The van der Waals surface area contributed by atoms with Gasteiger partial charge in [-0.15, -0.1) is 0 Å². The Balaban J connectivity index is 2.91. The van der Waals surface area contributed by atoms with Crippen molar-refractivity contribution in [2.75, 3.05) is 0 Å². The van der Waals surface area contributed by atoms with E-state index in [0.717, 1.165) is 19.3 Å². The average molecular weight is 131 g/mol. The zero-order valence-electron chi connectivity index (χ0n) is 6.01. The molecule has 0 spiro atoms. The largest absolute Gasteiger partial charge is 0.328 e. The fourth-order valence-corrected chi connectivity index (χ4v) is 0.676. The van der Waals surface area contributed by atoms with Crippen LogP contribution in [0.25, 0.3) is 0 Å². The molecule has 56 valence electrons. The van der Waals surface area contributed by atoms with Gasteiger partial charge in [-0.05, 0) is 26.2 Å². The average Bonchev–Trinajstić information content (AvgIpc) is 1.63. The SMILES string of the molecule is CC(N)CCCC(N)N. The second kappa shape index (κ2) is 4.73. The van der Waals surface area contributed by atoms with Crippen molar-refractivity contribution in [3.63, 3.8) is 0 Å². The van der Waals surface area contributed by atoms with Crippen molar-refractivity contribution in [2.45, 2.75) is 38.4 Å². The lowest BCUT2D eigenvalue weighted by molar-refractivity contribution is 0.542. The molecule has 3 nitrogen and oxygen atoms in total. The monoisotopic (exact) mass is 131 g/mol. The van der Waals surface area contributed by atoms with Crippen LogP contribution in [0.3, 0.4) is 0 Å². The van der Waals surface area contributed by atoms with Crippen LogP contribution in [0, 0.1) is 0 Å². The molecule has 0 bridgehead atoms. The van der Waals surface area contributed by atoms with Crippen molar-refractivity contribution in [3.8, 4) is 0 Å². The summed E-state index contributed by atoms with van der Waals surface area (Å²) in [4.78, 5) is 0. The molecule has 1 unspecified atom stereocenters. The van der Waals surface area contributed by atoms with Crippen LogP contribution in [0.2, 0.25) is 0 Å². The molecule has 0 fully saturated rings. The molecule has 0 aromatic heterocycles. The molecule has 1 atom stereocenters. The van der Waals surface area contributed by atoms with Crippen molar-refractivity contribution in [1.29, 1.82) is 0 Å². The Labute approximate surface area is 56.6 Å². The minimum absolute atomic E-state index is 0.163. The fourth-order valence-electron chi connectivity index (χ4n) is 0.676. The highest BCUT2D eigenvalue weighted by molar-refractivity contribution is 4.56. The lowest BCUT2D eigenvalue weighted by Gasteiger charge is -2.06. The summed E-state index contributed by atoms with van der Waals surface area (Å²) >= 11 is 0. The normalized spacial score (nSPS) is 14.3. The van der Waals surface area contributed by atoms with E-state index >= 15 is 0 Å². The molecule has 0 aromatic rings. The smallest absolute Gasteiger partial charge is 0.0520 e. The summed E-state index contributed by atoms with van der Waals surface area (Å²) in [5, 5.41) is 0. The Bertz CT molecular complexity index is 53.3. The molecule has 0 radical (unpaired) electrons. The van der Waals surface area contributed by atoms with Crippen LogP contribution >= 0.6 is 0 Å². The Morgan fingerprint density at radius 2 is 1.67 bits per heavy atom. The van der Waals surface area contributed by atoms with Gasteiger partial charge in [0.2, 0.25) is 0 Å². The van der Waals surface area contributed by atoms with Gasteiger partial charge in [-0.2, -0.15) is 0 Å². The highest BCUT2D eigenvalue weighted by atomic mass is 14.8. The van der Waals surface area contributed by atoms with E-state index in [4.69, 9.17) is 17.2 Å². The zero-order valence-corrected chi connectivity index (χ0v) is 6.01. The number of hydrogen-bond donors (Lipinski definition) is 3. The minimum Gasteiger partial charge on any atom is -0.328 e. The van der Waals surface area contributed by atoms with Gasteiger partial charge in [0, 0.05) is 6.04 Å². The van der Waals surface area contributed by atoms with Crippen LogP contribution < -0.4 is 17.2 Å². The molecule has 0 amide bonds. The summed E-state index contributed by atoms with van der Waals surface area (Å²) in [6.07, 6.45) is 2.77. The molecule has 0 rings (SSSR count). The topological polar surface area (TPSA) is 78.1 Å². The van der Waals surface area contributed by atoms with Gasteiger partial charge in [-0.3, -0.25) is 0 Å². The van der Waals surface area contributed by atoms with Crippen LogP contribution in [0.5, 0.6) is 0 Å². The van der Waals surface area contributed by atoms with Crippen LogP contribution in [-0.2, 0) is 0 Å². The standard InChI is InChI=1S/C6H17N3/c1-5(7)3-2-4-6(8)9/h5-6H,2-4,7-9H2,1H3. The Hall–Kier alpha value is -0.120. The van der Waals surface area contributed by atoms with Crippen molar-refractivity contribution < 1.29 is 0 Å². The Morgan fingerprint density at radius 1 is 1.11 bits per heavy atom. The van der Waals surface area contributed by atoms with Gasteiger partial charge in [0.15, 0.2) is 0 Å². The van der Waals surface area contributed by atoms with Crippen LogP contribution in [-0.4, -0.2) is 12.2 Å². The summed E-state index contributed by atoms with van der Waals surface area (Å²) in [6, 6.07) is 0.281. The van der Waals surface area contributed by atoms with Crippen molar-refractivity contribution in [2.24, 2.45) is 17.2 Å². The van der Waals surface area contributed by atoms with E-state index in [1.54, 1.807) is 0 Å². The van der Waals surface area contributed by atoms with Crippen LogP contribution in [0.1, 0.15) is 26.2 Å². The summed E-state index contributed by atoms with van der Waals surface area (Å²) in [5.74, 6) is 0. The maximum atomic E-state index is 5.50. The maximum Gasteiger partial charge on any atom is 0.0520 e. The van der Waals surface area contributed by atoms with E-state index < -0.39 is 0 Å². The number of rotatable bonds is 4. The lowest BCUT2D eigenvalue weighted by atomic mass is 10.1. The number of hydrogen-bond acceptors (Lipinski definition) is 3. The fraction of sp³-hybridized carbons (Fsp3) is 1.00. The quantitative estimate of drug-likeness (QED) is 0.460. The first-order chi connectivity index (χ1) is 4.13. The highest BCUT2D eigenvalue weighted by Gasteiger charge is 1.96. The van der Waals surface area contributed by atoms with Gasteiger partial charge in [0.05, 0.1) is 6.17 Å². The molecule has 0 saturated heterocycles. The van der Waals surface area contributed by atoms with Gasteiger partial charge in [0.25, 0.3) is 0 Å². The predicted molar refractivity (Wildman–Crippen MR) is 39.7 cm³/mol. The second-order valence-corrected chi connectivity index (χ2v) is 2.57. The van der Waals surface area contributed by atoms with Crippen LogP contribution in [0.15, 0.2) is 0 Å². The molecular formula is C6H17N3. The molecule has 9 heavy (non-hydrogen) atoms. The van der Waals surface area contributed by atoms with E-state index in [9.17, 15) is 0 Å². The highest BCUT2D eigenvalue weighted by Crippen LogP contribution is 1.97. The van der Waals surface area contributed by atoms with E-state index in [1.807, 2.05) is 6.92 Å². The van der Waals surface area contributed by atoms with Crippen molar-refractivity contribution in [1.82, 2.24) is 0 Å². The van der Waals surface area contributed by atoms with Crippen LogP contribution in [0.4, 0.5) is 0 Å². The first-order valence-electron chi connectivity index (χ1n) is 3.39. The van der Waals surface area contributed by atoms with Gasteiger partial charge < -0.3 is 17.2 Å². The van der Waals surface area contributed by atoms with Gasteiger partial charge in [-0.25, -0.2) is 0 Å². The first kappa shape index (κ1) is 8.88. The third-order valence-electron chi connectivity index (χ3n) is 1.20. The second-order valence-electron chi connectivity index (χ2n) is 2.57. The van der Waals surface area contributed by atoms with E-state index in [1.165, 1.54) is 0 Å². The molecule has 6 N–H and O–H groups in total. The zero-order chi connectivity index (χ0) is 7.28.